The van der Waals surface area contributed by atoms with Gasteiger partial charge in [0.2, 0.25) is 0 Å². The summed E-state index contributed by atoms with van der Waals surface area (Å²) in [6.45, 7) is 0. The van der Waals surface area contributed by atoms with Crippen molar-refractivity contribution in [2.75, 3.05) is 0 Å². The molecule has 2 nitrogen and oxygen atoms in total. The van der Waals surface area contributed by atoms with Gasteiger partial charge in [-0.2, -0.15) is 10.5 Å². The molecule has 0 aromatic rings. The van der Waals surface area contributed by atoms with E-state index in [1.165, 1.54) is 0 Å². The molecule has 0 radical (unpaired) electrons. The Kier molecular flexibility index (Phi) is 4.24. The summed E-state index contributed by atoms with van der Waals surface area (Å²) in [6, 6.07) is 3.49. The van der Waals surface area contributed by atoms with Crippen LogP contribution in [0.3, 0.4) is 0 Å². The van der Waals surface area contributed by atoms with Gasteiger partial charge in [0.1, 0.15) is 11.0 Å². The summed E-state index contributed by atoms with van der Waals surface area (Å²) >= 11 is 3.70. The third-order valence-corrected chi connectivity index (χ3v) is 1.40. The smallest absolute Gasteiger partial charge is 0.108 e. The first-order chi connectivity index (χ1) is 3.85. The Hall–Kier alpha value is -0.580. The first-order valence-corrected chi connectivity index (χ1v) is 3.53. The zero-order valence-electron chi connectivity index (χ0n) is 3.83. The van der Waals surface area contributed by atoms with Gasteiger partial charge in [-0.3, -0.25) is 0 Å². The topological polar surface area (TPSA) is 47.6 Å². The Bertz CT molecular complexity index is 171. The molecule has 0 aliphatic carbocycles. The maximum absolute atomic E-state index is 8.12. The van der Waals surface area contributed by atoms with Gasteiger partial charge in [0.25, 0.3) is 0 Å². The quantitative estimate of drug-likeness (QED) is 0.343. The molecule has 0 N–H and O–H groups in total. The molecule has 0 amide bonds. The van der Waals surface area contributed by atoms with Gasteiger partial charge < -0.3 is 0 Å². The molecular formula is C4H2N2S2. The predicted octanol–water partition coefficient (Wildman–Crippen LogP) is 1.50. The Morgan fingerprint density at radius 3 is 2.38 bits per heavy atom. The van der Waals surface area contributed by atoms with Crippen molar-refractivity contribution >= 4 is 22.5 Å². The van der Waals surface area contributed by atoms with Crippen LogP contribution in [0.25, 0.3) is 0 Å². The SMILES string of the molecule is N#CC=C(C#N)SS. The highest BCUT2D eigenvalue weighted by atomic mass is 33.1. The summed E-state index contributed by atoms with van der Waals surface area (Å²) in [7, 11) is 0.966. The maximum atomic E-state index is 8.12. The highest BCUT2D eigenvalue weighted by molar-refractivity contribution is 8.70. The molecule has 8 heavy (non-hydrogen) atoms. The number of allylic oxidation sites excluding steroid dienone is 2. The lowest BCUT2D eigenvalue weighted by Crippen LogP contribution is -1.60. The van der Waals surface area contributed by atoms with E-state index in [2.05, 4.69) is 11.7 Å². The molecule has 4 heteroatoms. The Labute approximate surface area is 56.6 Å². The second kappa shape index (κ2) is 4.58. The van der Waals surface area contributed by atoms with Gasteiger partial charge >= 0.3 is 0 Å². The average molecular weight is 142 g/mol. The van der Waals surface area contributed by atoms with Crippen molar-refractivity contribution in [2.45, 2.75) is 0 Å². The first-order valence-electron chi connectivity index (χ1n) is 1.66. The van der Waals surface area contributed by atoms with Gasteiger partial charge in [-0.05, 0) is 10.8 Å². The van der Waals surface area contributed by atoms with Gasteiger partial charge in [-0.1, -0.05) is 0 Å². The summed E-state index contributed by atoms with van der Waals surface area (Å²) in [5.74, 6) is 0. The lowest BCUT2D eigenvalue weighted by Gasteiger charge is -1.78. The monoisotopic (exact) mass is 142 g/mol. The molecule has 0 aromatic heterocycles. The molecule has 0 aromatic carbocycles. The van der Waals surface area contributed by atoms with Crippen LogP contribution in [-0.4, -0.2) is 0 Å². The first kappa shape index (κ1) is 7.42. The van der Waals surface area contributed by atoms with Crippen molar-refractivity contribution in [3.8, 4) is 12.1 Å². The molecule has 0 aliphatic rings. The molecule has 0 bridgehead atoms. The van der Waals surface area contributed by atoms with Gasteiger partial charge in [0.05, 0.1) is 6.07 Å². The van der Waals surface area contributed by atoms with Crippen molar-refractivity contribution in [3.05, 3.63) is 11.0 Å². The molecular weight excluding hydrogens is 140 g/mol. The van der Waals surface area contributed by atoms with E-state index >= 15 is 0 Å². The van der Waals surface area contributed by atoms with Crippen molar-refractivity contribution in [3.63, 3.8) is 0 Å². The van der Waals surface area contributed by atoms with E-state index in [4.69, 9.17) is 10.5 Å². The third kappa shape index (κ3) is 2.57. The van der Waals surface area contributed by atoms with Crippen molar-refractivity contribution in [1.29, 1.82) is 10.5 Å². The third-order valence-electron chi connectivity index (χ3n) is 0.404. The van der Waals surface area contributed by atoms with Crippen LogP contribution >= 0.6 is 22.5 Å². The lowest BCUT2D eigenvalue weighted by molar-refractivity contribution is 1.51. The zero-order valence-corrected chi connectivity index (χ0v) is 5.54. The summed E-state index contributed by atoms with van der Waals surface area (Å²) < 4.78 is 0. The fourth-order valence-corrected chi connectivity index (χ4v) is 0.564. The van der Waals surface area contributed by atoms with Crippen molar-refractivity contribution < 1.29 is 0 Å². The molecule has 0 spiro atoms. The van der Waals surface area contributed by atoms with Gasteiger partial charge in [0.15, 0.2) is 0 Å². The minimum absolute atomic E-state index is 0.316. The van der Waals surface area contributed by atoms with Gasteiger partial charge in [-0.15, -0.1) is 11.7 Å². The lowest BCUT2D eigenvalue weighted by atomic mass is 10.5. The number of hydrogen-bond acceptors (Lipinski definition) is 4. The van der Waals surface area contributed by atoms with Crippen molar-refractivity contribution in [1.82, 2.24) is 0 Å². The van der Waals surface area contributed by atoms with E-state index in [9.17, 15) is 0 Å². The highest BCUT2D eigenvalue weighted by Gasteiger charge is 1.87. The molecule has 0 atom stereocenters. The standard InChI is InChI=1S/C4H2N2S2/c5-2-1-4(3-6)8-7/h1,7H. The molecule has 0 heterocycles. The number of hydrogen-bond donors (Lipinski definition) is 1. The number of nitrogens with zero attached hydrogens (tertiary/aromatic N) is 2. The maximum Gasteiger partial charge on any atom is 0.108 e. The minimum Gasteiger partial charge on any atom is -0.193 e. The second-order valence-corrected chi connectivity index (χ2v) is 2.01. The van der Waals surface area contributed by atoms with Crippen LogP contribution in [-0.2, 0) is 0 Å². The molecule has 0 saturated heterocycles. The van der Waals surface area contributed by atoms with E-state index in [-0.39, 0.29) is 0 Å². The Balaban J connectivity index is 3.98. The predicted molar refractivity (Wildman–Crippen MR) is 35.9 cm³/mol. The van der Waals surface area contributed by atoms with E-state index < -0.39 is 0 Å². The van der Waals surface area contributed by atoms with Gasteiger partial charge in [0, 0.05) is 6.08 Å². The summed E-state index contributed by atoms with van der Waals surface area (Å²) in [5, 5.41) is 16.1. The zero-order chi connectivity index (χ0) is 6.41. The van der Waals surface area contributed by atoms with Crippen LogP contribution < -0.4 is 0 Å². The van der Waals surface area contributed by atoms with E-state index in [0.717, 1.165) is 16.9 Å². The molecule has 0 fully saturated rings. The number of nitriles is 2. The Morgan fingerprint density at radius 1 is 1.62 bits per heavy atom. The fourth-order valence-electron chi connectivity index (χ4n) is 0.138. The largest absolute Gasteiger partial charge is 0.193 e. The van der Waals surface area contributed by atoms with Crippen LogP contribution in [0.5, 0.6) is 0 Å². The van der Waals surface area contributed by atoms with Crippen LogP contribution in [0.2, 0.25) is 0 Å². The molecule has 0 saturated carbocycles. The number of thiol groups is 1. The molecule has 0 aliphatic heterocycles. The highest BCUT2D eigenvalue weighted by Crippen LogP contribution is 2.16. The summed E-state index contributed by atoms with van der Waals surface area (Å²) in [4.78, 5) is 0.316. The van der Waals surface area contributed by atoms with Crippen LogP contribution in [0.15, 0.2) is 11.0 Å². The van der Waals surface area contributed by atoms with Crippen LogP contribution in [0.1, 0.15) is 0 Å². The molecule has 0 unspecified atom stereocenters. The van der Waals surface area contributed by atoms with Gasteiger partial charge in [-0.25, -0.2) is 0 Å². The summed E-state index contributed by atoms with van der Waals surface area (Å²) in [6.07, 6.45) is 1.15. The molecule has 0 rings (SSSR count). The molecule has 40 valence electrons. The van der Waals surface area contributed by atoms with Crippen LogP contribution in [0.4, 0.5) is 0 Å². The van der Waals surface area contributed by atoms with Crippen LogP contribution in [0, 0.1) is 22.7 Å². The fraction of sp³-hybridized carbons (Fsp3) is 0. The average Bonchev–Trinajstić information content (AvgIpc) is 1.83. The van der Waals surface area contributed by atoms with Crippen molar-refractivity contribution in [2.24, 2.45) is 0 Å². The number of rotatable bonds is 1. The van der Waals surface area contributed by atoms with E-state index in [0.29, 0.717) is 4.91 Å². The summed E-state index contributed by atoms with van der Waals surface area (Å²) in [5.41, 5.74) is 0. The van der Waals surface area contributed by atoms with E-state index in [1.807, 2.05) is 0 Å². The minimum atomic E-state index is 0.316. The second-order valence-electron chi connectivity index (χ2n) is 0.841. The normalized spacial score (nSPS) is 9.62. The Morgan fingerprint density at radius 2 is 2.25 bits per heavy atom. The van der Waals surface area contributed by atoms with E-state index in [1.54, 1.807) is 12.1 Å².